The molecule has 30 heavy (non-hydrogen) atoms. The fourth-order valence-electron chi connectivity index (χ4n) is 3.40. The second kappa shape index (κ2) is 6.89. The predicted molar refractivity (Wildman–Crippen MR) is 115 cm³/mol. The summed E-state index contributed by atoms with van der Waals surface area (Å²) in [5.41, 5.74) is 2.90. The van der Waals surface area contributed by atoms with Crippen molar-refractivity contribution in [2.75, 3.05) is 5.32 Å². The van der Waals surface area contributed by atoms with E-state index >= 15 is 0 Å². The smallest absolute Gasteiger partial charge is 0.344 e. The number of carbonyl (C=O) groups is 1. The Balaban J connectivity index is 1.48. The van der Waals surface area contributed by atoms with Crippen LogP contribution in [0.4, 0.5) is 5.69 Å². The van der Waals surface area contributed by atoms with E-state index in [4.69, 9.17) is 4.42 Å². The number of amides is 1. The van der Waals surface area contributed by atoms with Crippen molar-refractivity contribution in [3.05, 3.63) is 99.3 Å². The molecule has 0 aliphatic rings. The van der Waals surface area contributed by atoms with Gasteiger partial charge in [-0.3, -0.25) is 4.79 Å². The van der Waals surface area contributed by atoms with Crippen LogP contribution < -0.4 is 16.6 Å². The van der Waals surface area contributed by atoms with Crippen molar-refractivity contribution in [2.45, 2.75) is 0 Å². The van der Waals surface area contributed by atoms with Gasteiger partial charge in [-0.25, -0.2) is 9.59 Å². The van der Waals surface area contributed by atoms with Crippen LogP contribution >= 0.6 is 0 Å². The van der Waals surface area contributed by atoms with Gasteiger partial charge in [0.25, 0.3) is 5.91 Å². The molecule has 3 aromatic carbocycles. The fraction of sp³-hybridized carbons (Fsp3) is 0. The summed E-state index contributed by atoms with van der Waals surface area (Å²) in [7, 11) is 0. The highest BCUT2D eigenvalue weighted by atomic mass is 16.4. The van der Waals surface area contributed by atoms with Crippen molar-refractivity contribution in [1.82, 2.24) is 9.97 Å². The first-order valence-electron chi connectivity index (χ1n) is 9.23. The Bertz CT molecular complexity index is 1540. The number of benzene rings is 3. The average molecular weight is 397 g/mol. The average Bonchev–Trinajstić information content (AvgIpc) is 3.12. The van der Waals surface area contributed by atoms with Crippen LogP contribution in [0.5, 0.6) is 0 Å². The van der Waals surface area contributed by atoms with Crippen LogP contribution in [0.25, 0.3) is 33.1 Å². The number of fused-ring (bicyclic) bond motifs is 2. The quantitative estimate of drug-likeness (QED) is 0.402. The fourth-order valence-corrected chi connectivity index (χ4v) is 3.40. The normalized spacial score (nSPS) is 11.1. The Hall–Kier alpha value is -4.39. The van der Waals surface area contributed by atoms with Crippen LogP contribution in [-0.4, -0.2) is 15.9 Å². The Morgan fingerprint density at radius 1 is 0.833 bits per heavy atom. The Kier molecular flexibility index (Phi) is 4.07. The summed E-state index contributed by atoms with van der Waals surface area (Å²) in [4.78, 5) is 41.9. The van der Waals surface area contributed by atoms with Crippen molar-refractivity contribution in [3.63, 3.8) is 0 Å². The molecule has 0 fully saturated rings. The van der Waals surface area contributed by atoms with Crippen molar-refractivity contribution >= 4 is 33.6 Å². The molecule has 2 heterocycles. The van der Waals surface area contributed by atoms with Crippen LogP contribution in [0.1, 0.15) is 10.4 Å². The molecule has 0 spiro atoms. The van der Waals surface area contributed by atoms with E-state index in [1.54, 1.807) is 60.7 Å². The molecule has 5 aromatic rings. The molecule has 3 N–H and O–H groups in total. The number of aromatic nitrogens is 2. The molecular weight excluding hydrogens is 382 g/mol. The van der Waals surface area contributed by atoms with Crippen LogP contribution in [0, 0.1) is 0 Å². The van der Waals surface area contributed by atoms with Gasteiger partial charge in [0.15, 0.2) is 0 Å². The summed E-state index contributed by atoms with van der Waals surface area (Å²) in [5, 5.41) is 3.61. The summed E-state index contributed by atoms with van der Waals surface area (Å²) in [6.07, 6.45) is 0. The van der Waals surface area contributed by atoms with Gasteiger partial charge in [-0.15, -0.1) is 0 Å². The number of rotatable bonds is 3. The number of hydrogen-bond donors (Lipinski definition) is 3. The van der Waals surface area contributed by atoms with Gasteiger partial charge in [0, 0.05) is 16.6 Å². The molecule has 0 aliphatic carbocycles. The molecule has 7 nitrogen and oxygen atoms in total. The van der Waals surface area contributed by atoms with Crippen molar-refractivity contribution in [2.24, 2.45) is 0 Å². The van der Waals surface area contributed by atoms with E-state index in [2.05, 4.69) is 15.3 Å². The number of H-pyrrole nitrogens is 2. The van der Waals surface area contributed by atoms with Gasteiger partial charge in [-0.1, -0.05) is 30.3 Å². The van der Waals surface area contributed by atoms with Crippen LogP contribution in [0.3, 0.4) is 0 Å². The lowest BCUT2D eigenvalue weighted by Gasteiger charge is -2.08. The first-order chi connectivity index (χ1) is 14.6. The number of anilines is 1. The number of carbonyl (C=O) groups excluding carboxylic acids is 1. The highest BCUT2D eigenvalue weighted by molar-refractivity contribution is 6.05. The van der Waals surface area contributed by atoms with E-state index in [0.717, 1.165) is 5.39 Å². The Morgan fingerprint density at radius 3 is 2.57 bits per heavy atom. The lowest BCUT2D eigenvalue weighted by Crippen LogP contribution is -2.12. The first-order valence-corrected chi connectivity index (χ1v) is 9.23. The van der Waals surface area contributed by atoms with Crippen molar-refractivity contribution in [1.29, 1.82) is 0 Å². The Labute approximate surface area is 169 Å². The molecule has 5 rings (SSSR count). The molecule has 0 saturated carbocycles. The highest BCUT2D eigenvalue weighted by Crippen LogP contribution is 2.23. The van der Waals surface area contributed by atoms with E-state index in [1.165, 1.54) is 0 Å². The largest absolute Gasteiger partial charge is 0.422 e. The number of para-hydroxylation sites is 1. The highest BCUT2D eigenvalue weighted by Gasteiger charge is 2.12. The maximum absolute atomic E-state index is 12.7. The van der Waals surface area contributed by atoms with Gasteiger partial charge >= 0.3 is 11.3 Å². The summed E-state index contributed by atoms with van der Waals surface area (Å²) < 4.78 is 5.40. The molecule has 0 saturated heterocycles. The molecule has 1 amide bonds. The van der Waals surface area contributed by atoms with Crippen LogP contribution in [0.2, 0.25) is 0 Å². The van der Waals surface area contributed by atoms with Crippen molar-refractivity contribution in [3.8, 4) is 11.1 Å². The molecule has 0 atom stereocenters. The minimum Gasteiger partial charge on any atom is -0.422 e. The number of hydrogen-bond acceptors (Lipinski definition) is 4. The molecule has 146 valence electrons. The number of imidazole rings is 1. The van der Waals surface area contributed by atoms with Gasteiger partial charge < -0.3 is 19.7 Å². The third-order valence-electron chi connectivity index (χ3n) is 4.85. The second-order valence-corrected chi connectivity index (χ2v) is 6.86. The molecule has 7 heteroatoms. The zero-order valence-electron chi connectivity index (χ0n) is 15.6. The number of nitrogens with one attached hydrogen (secondary N) is 3. The van der Waals surface area contributed by atoms with Crippen LogP contribution in [-0.2, 0) is 0 Å². The lowest BCUT2D eigenvalue weighted by atomic mass is 10.0. The van der Waals surface area contributed by atoms with E-state index in [-0.39, 0.29) is 11.6 Å². The van der Waals surface area contributed by atoms with Crippen molar-refractivity contribution < 1.29 is 9.21 Å². The SMILES string of the molecule is O=C(Nc1ccc2[nH]c(=O)[nH]c2c1)c1cccc(-c2cc3ccccc3oc2=O)c1. The van der Waals surface area contributed by atoms with Gasteiger partial charge in [0.05, 0.1) is 16.6 Å². The summed E-state index contributed by atoms with van der Waals surface area (Å²) in [6, 6.07) is 20.9. The maximum Gasteiger partial charge on any atom is 0.344 e. The standard InChI is InChI=1S/C23H15N3O4/c27-21(24-16-8-9-18-19(12-16)26-23(29)25-18)15-6-3-5-13(10-15)17-11-14-4-1-2-7-20(14)30-22(17)28/h1-12H,(H,24,27)(H2,25,26,29). The van der Waals surface area contributed by atoms with Gasteiger partial charge in [0.1, 0.15) is 5.58 Å². The minimum atomic E-state index is -0.465. The summed E-state index contributed by atoms with van der Waals surface area (Å²) >= 11 is 0. The first kappa shape index (κ1) is 17.7. The minimum absolute atomic E-state index is 0.310. The maximum atomic E-state index is 12.7. The van der Waals surface area contributed by atoms with E-state index < -0.39 is 5.63 Å². The molecule has 0 bridgehead atoms. The number of aromatic amines is 2. The topological polar surface area (TPSA) is 108 Å². The van der Waals surface area contributed by atoms with E-state index in [0.29, 0.717) is 39.0 Å². The summed E-state index contributed by atoms with van der Waals surface area (Å²) in [6.45, 7) is 0. The summed E-state index contributed by atoms with van der Waals surface area (Å²) in [5.74, 6) is -0.334. The predicted octanol–water partition coefficient (Wildman–Crippen LogP) is 3.88. The Morgan fingerprint density at radius 2 is 1.67 bits per heavy atom. The monoisotopic (exact) mass is 397 g/mol. The molecule has 0 unspecified atom stereocenters. The lowest BCUT2D eigenvalue weighted by molar-refractivity contribution is 0.102. The van der Waals surface area contributed by atoms with E-state index in [9.17, 15) is 14.4 Å². The van der Waals surface area contributed by atoms with Gasteiger partial charge in [-0.05, 0) is 48.0 Å². The molecule has 0 radical (unpaired) electrons. The van der Waals surface area contributed by atoms with Gasteiger partial charge in [0.2, 0.25) is 0 Å². The third-order valence-corrected chi connectivity index (χ3v) is 4.85. The van der Waals surface area contributed by atoms with Crippen LogP contribution in [0.15, 0.2) is 86.8 Å². The third kappa shape index (κ3) is 3.18. The van der Waals surface area contributed by atoms with Gasteiger partial charge in [-0.2, -0.15) is 0 Å². The zero-order valence-corrected chi connectivity index (χ0v) is 15.6. The molecule has 2 aromatic heterocycles. The molecule has 0 aliphatic heterocycles. The molecular formula is C23H15N3O4. The second-order valence-electron chi connectivity index (χ2n) is 6.86. The van der Waals surface area contributed by atoms with E-state index in [1.807, 2.05) is 12.1 Å². The zero-order chi connectivity index (χ0) is 20.7.